The van der Waals surface area contributed by atoms with Crippen LogP contribution >= 0.6 is 43.2 Å². The number of fused-ring (bicyclic) bond motifs is 9. The first-order valence-electron chi connectivity index (χ1n) is 35.0. The van der Waals surface area contributed by atoms with E-state index in [9.17, 15) is 77.3 Å². The summed E-state index contributed by atoms with van der Waals surface area (Å²) in [6.45, 7) is -1.43. The van der Waals surface area contributed by atoms with Crippen LogP contribution in [0.4, 0.5) is 5.69 Å². The van der Waals surface area contributed by atoms with Crippen LogP contribution in [0.2, 0.25) is 0 Å². The van der Waals surface area contributed by atoms with E-state index in [1.807, 2.05) is 0 Å². The van der Waals surface area contributed by atoms with Gasteiger partial charge >= 0.3 is 0 Å². The van der Waals surface area contributed by atoms with Gasteiger partial charge < -0.3 is 117 Å². The van der Waals surface area contributed by atoms with Gasteiger partial charge in [-0.1, -0.05) is 72.6 Å². The molecule has 3 aromatic rings. The molecule has 0 spiro atoms. The zero-order chi connectivity index (χ0) is 82.0. The Morgan fingerprint density at radius 2 is 1.31 bits per heavy atom. The third-order valence-corrected chi connectivity index (χ3v) is 21.9. The van der Waals surface area contributed by atoms with Gasteiger partial charge in [-0.25, -0.2) is 4.98 Å². The van der Waals surface area contributed by atoms with Gasteiger partial charge in [0.05, 0.1) is 38.1 Å². The minimum atomic E-state index is -1.95. The maximum atomic E-state index is 15.0. The van der Waals surface area contributed by atoms with Crippen molar-refractivity contribution in [2.45, 2.75) is 144 Å². The third-order valence-electron chi connectivity index (χ3n) is 17.1. The molecule has 47 heteroatoms. The predicted octanol–water partition coefficient (Wildman–Crippen LogP) is -6.73. The monoisotopic (exact) mass is 1640 g/mol. The van der Waals surface area contributed by atoms with Gasteiger partial charge in [-0.2, -0.15) is 0 Å². The molecule has 4 heterocycles. The van der Waals surface area contributed by atoms with Crippen molar-refractivity contribution in [3.05, 3.63) is 88.3 Å². The van der Waals surface area contributed by atoms with Crippen LogP contribution in [0.1, 0.15) is 79.9 Å². The number of nitrogens with zero attached hydrogens (tertiary/aromatic N) is 5. The number of rotatable bonds is 23. The summed E-state index contributed by atoms with van der Waals surface area (Å²) < 4.78 is 0. The lowest BCUT2D eigenvalue weighted by Crippen LogP contribution is -2.61. The van der Waals surface area contributed by atoms with E-state index < -0.39 is 229 Å². The number of unbranched alkanes of at least 4 members (excludes halogenated alkanes) is 1. The molecule has 3 saturated heterocycles. The van der Waals surface area contributed by atoms with E-state index in [0.717, 1.165) is 43.2 Å². The van der Waals surface area contributed by atoms with Crippen molar-refractivity contribution in [2.24, 2.45) is 28.0 Å². The van der Waals surface area contributed by atoms with Crippen molar-refractivity contribution < 1.29 is 86.9 Å². The molecule has 0 aliphatic carbocycles. The lowest BCUT2D eigenvalue weighted by Gasteiger charge is -2.31. The smallest absolute Gasteiger partial charge is 0.251 e. The van der Waals surface area contributed by atoms with Crippen LogP contribution < -0.4 is 97.4 Å². The second kappa shape index (κ2) is 45.9. The number of guanidine groups is 1. The first-order chi connectivity index (χ1) is 53.5. The van der Waals surface area contributed by atoms with Gasteiger partial charge in [0.1, 0.15) is 78.3 Å². The van der Waals surface area contributed by atoms with Crippen LogP contribution in [0.15, 0.2) is 66.2 Å². The highest BCUT2D eigenvalue weighted by Crippen LogP contribution is 2.27. The molecule has 43 nitrogen and oxygen atoms in total. The summed E-state index contributed by atoms with van der Waals surface area (Å²) in [5.74, 6) is -18.7. The number of phenolic OH excluding ortho intramolecular Hbond substituents is 1. The first kappa shape index (κ1) is 89.8. The SMILES string of the molecule is C[C@@H]1NC(=O)[C@@H]2CCCN2C(=O)[C@H](Cc2c[nH]cn2)NC(=O)[C@@H]2CSSC[C@@H](C(N)=O)NC(=O)C(CO)NC(=O)C(Cc3ccc(O)cc3)NC(=O)[C@H](CC(N)=O)NC(=O)[C@H](CCCCNC(=O)c3ccc(N=[N+]=[N-])cc3)NC(=O)CNC(=O)[C@H](CSSC[C@H](NC(=O)[C@H](CCCNC(=N)N)NC(=O)CN)C(=O)N2)NC1=O. The molecule has 3 aliphatic heterocycles. The minimum Gasteiger partial charge on any atom is -0.508 e. The summed E-state index contributed by atoms with van der Waals surface area (Å²) in [5, 5.41) is 66.8. The Morgan fingerprint density at radius 1 is 0.688 bits per heavy atom. The highest BCUT2D eigenvalue weighted by atomic mass is 33.1. The van der Waals surface area contributed by atoms with Gasteiger partial charge in [0.15, 0.2) is 5.96 Å². The lowest BCUT2D eigenvalue weighted by molar-refractivity contribution is -0.142. The van der Waals surface area contributed by atoms with Gasteiger partial charge in [0, 0.05) is 77.8 Å². The molecular weight excluding hydrogens is 1550 g/mol. The number of H-pyrrole nitrogens is 1. The molecule has 608 valence electrons. The number of hydrogen-bond donors (Lipinski definition) is 22. The summed E-state index contributed by atoms with van der Waals surface area (Å²) in [5.41, 5.74) is 32.2. The van der Waals surface area contributed by atoms with Gasteiger partial charge in [-0.05, 0) is 87.2 Å². The molecule has 3 fully saturated rings. The molecule has 26 N–H and O–H groups in total. The van der Waals surface area contributed by atoms with E-state index in [4.69, 9.17) is 33.9 Å². The highest BCUT2D eigenvalue weighted by molar-refractivity contribution is 8.77. The Balaban J connectivity index is 1.44. The van der Waals surface area contributed by atoms with Crippen LogP contribution in [0.25, 0.3) is 10.4 Å². The largest absolute Gasteiger partial charge is 0.508 e. The van der Waals surface area contributed by atoms with Gasteiger partial charge in [0.2, 0.25) is 88.6 Å². The summed E-state index contributed by atoms with van der Waals surface area (Å²) >= 11 is 0. The maximum Gasteiger partial charge on any atom is 0.251 e. The number of phenols is 1. The second-order valence-electron chi connectivity index (χ2n) is 25.6. The van der Waals surface area contributed by atoms with Crippen LogP contribution in [0, 0.1) is 5.41 Å². The molecule has 0 saturated carbocycles. The molecule has 1 aromatic heterocycles. The Kier molecular flexibility index (Phi) is 36.8. The van der Waals surface area contributed by atoms with Gasteiger partial charge in [0.25, 0.3) is 5.91 Å². The number of carbonyl (C=O) groups is 16. The normalized spacial score (nSPS) is 23.7. The molecule has 2 unspecified atom stereocenters. The molecular formula is C65H91N25O18S4. The van der Waals surface area contributed by atoms with Crippen LogP contribution in [-0.2, 0) is 84.8 Å². The van der Waals surface area contributed by atoms with Crippen molar-refractivity contribution in [1.29, 1.82) is 5.41 Å². The van der Waals surface area contributed by atoms with E-state index in [0.29, 0.717) is 0 Å². The molecule has 0 radical (unpaired) electrons. The van der Waals surface area contributed by atoms with Crippen LogP contribution in [0.5, 0.6) is 5.75 Å². The second-order valence-corrected chi connectivity index (χ2v) is 30.7. The Hall–Kier alpha value is -11.1. The average Bonchev–Trinajstić information content (AvgIpc) is 1.65. The Bertz CT molecular complexity index is 3920. The summed E-state index contributed by atoms with van der Waals surface area (Å²) in [7, 11) is 3.27. The van der Waals surface area contributed by atoms with E-state index in [2.05, 4.69) is 94.4 Å². The zero-order valence-corrected chi connectivity index (χ0v) is 63.7. The van der Waals surface area contributed by atoms with Crippen LogP contribution in [0.3, 0.4) is 0 Å². The number of nitrogens with one attached hydrogen (secondary N) is 16. The van der Waals surface area contributed by atoms with E-state index in [-0.39, 0.29) is 99.3 Å². The summed E-state index contributed by atoms with van der Waals surface area (Å²) in [6, 6.07) is -8.82. The predicted molar refractivity (Wildman–Crippen MR) is 408 cm³/mol. The number of aliphatic hydroxyl groups is 1. The fourth-order valence-corrected chi connectivity index (χ4v) is 15.8. The molecule has 3 aliphatic rings. The Labute approximate surface area is 655 Å². The van der Waals surface area contributed by atoms with E-state index in [1.54, 1.807) is 0 Å². The number of imidazole rings is 1. The highest BCUT2D eigenvalue weighted by Gasteiger charge is 2.42. The zero-order valence-electron chi connectivity index (χ0n) is 60.4. The number of aromatic hydroxyl groups is 1. The lowest BCUT2D eigenvalue weighted by atomic mass is 10.0. The number of nitrogens with two attached hydrogens (primary N) is 4. The number of benzene rings is 2. The summed E-state index contributed by atoms with van der Waals surface area (Å²) in [6.07, 6.45) is 1.18. The molecule has 112 heavy (non-hydrogen) atoms. The van der Waals surface area contributed by atoms with Crippen molar-refractivity contribution in [3.8, 4) is 5.75 Å². The molecule has 12 atom stereocenters. The van der Waals surface area contributed by atoms with Gasteiger partial charge in [-0.15, -0.1) is 0 Å². The maximum absolute atomic E-state index is 15.0. The number of aliphatic hydroxyl groups excluding tert-OH is 1. The summed E-state index contributed by atoms with van der Waals surface area (Å²) in [4.78, 5) is 237. The topological polar surface area (TPSA) is 691 Å². The number of aromatic amines is 1. The van der Waals surface area contributed by atoms with Crippen molar-refractivity contribution in [3.63, 3.8) is 0 Å². The average molecular weight is 1640 g/mol. The van der Waals surface area contributed by atoms with Gasteiger partial charge in [-0.3, -0.25) is 82.1 Å². The number of carbonyl (C=O) groups excluding carboxylic acids is 16. The molecule has 16 amide bonds. The van der Waals surface area contributed by atoms with Crippen molar-refractivity contribution in [1.82, 2.24) is 89.3 Å². The minimum absolute atomic E-state index is 0.0205. The number of aromatic nitrogens is 2. The van der Waals surface area contributed by atoms with Crippen molar-refractivity contribution in [2.75, 3.05) is 62.3 Å². The quantitative estimate of drug-likeness (QED) is 0.00798. The van der Waals surface area contributed by atoms with Crippen molar-refractivity contribution >= 4 is 149 Å². The molecule has 2 aromatic carbocycles. The number of hydrogen-bond acceptors (Lipinski definition) is 26. The van der Waals surface area contributed by atoms with Crippen LogP contribution in [-0.4, -0.2) is 260 Å². The standard InChI is InChI=1S/C65H91N25O18S4/c1-32-53(97)85-45-28-110-112-30-47(86-57(101)39(78-50(94)23-66)7-4-18-74-65(69)70)62(106)87-46(61(105)82-42(21-36-24-72-31-76-36)64(108)90-19-5-8-48(90)63(107)77-32)29-111-109-27-44(52(68)96)84-60(104)43(26-91)83-58(102)40(20-33-9-15-37(92)16-10-33)80-59(103)41(22-49(67)93)81-56(100)38(79-51(95)25-75-55(45)99)6-2-3-17-73-54(98)34-11-13-35(14-12-34)88-89-71/h9-16,24,31-32,38-48,91-92H,2-8,17-23,25-30,66H2,1H3,(H2,67,93)(H2,68,96)(H,72,76)(H,73,98)(H,75,99)(H,77,107)(H,78,94)(H,79,95)(H,80,103)(H,81,100)(H,82,105)(H,83,102)(H,84,104)(H,85,97)(H,86,101)(H,87,106)(H4,69,70,74)/t32-,38-,39-,40?,41-,42-,43?,44-,45-,46-,47-,48-/m0/s1. The first-order valence-corrected chi connectivity index (χ1v) is 40.0. The third kappa shape index (κ3) is 29.6. The van der Waals surface area contributed by atoms with E-state index >= 15 is 9.59 Å². The number of azide groups is 1. The fourth-order valence-electron chi connectivity index (χ4n) is 11.1. The molecule has 6 rings (SSSR count). The molecule has 2 bridgehead atoms. The van der Waals surface area contributed by atoms with E-state index in [1.165, 1.54) is 72.9 Å². The number of amides is 16. The fraction of sp³-hybridized carbons (Fsp3) is 0.508. The Morgan fingerprint density at radius 3 is 1.96 bits per heavy atom. The number of primary amides is 2.